The fourth-order valence-electron chi connectivity index (χ4n) is 2.32. The van der Waals surface area contributed by atoms with Gasteiger partial charge in [0.25, 0.3) is 0 Å². The van der Waals surface area contributed by atoms with Gasteiger partial charge in [0.2, 0.25) is 0 Å². The lowest BCUT2D eigenvalue weighted by Gasteiger charge is -2.18. The van der Waals surface area contributed by atoms with Gasteiger partial charge in [-0.15, -0.1) is 0 Å². The summed E-state index contributed by atoms with van der Waals surface area (Å²) in [7, 11) is 0. The molecule has 1 aromatic rings. The molecule has 0 aliphatic carbocycles. The molecule has 1 atom stereocenters. The summed E-state index contributed by atoms with van der Waals surface area (Å²) >= 11 is 6.05. The molecule has 128 valence electrons. The quantitative estimate of drug-likeness (QED) is 0.678. The van der Waals surface area contributed by atoms with Crippen molar-refractivity contribution < 1.29 is 19.4 Å². The summed E-state index contributed by atoms with van der Waals surface area (Å²) < 4.78 is 5.52. The highest BCUT2D eigenvalue weighted by Crippen LogP contribution is 2.24. The van der Waals surface area contributed by atoms with Crippen molar-refractivity contribution in [3.8, 4) is 0 Å². The molecule has 0 amide bonds. The zero-order chi connectivity index (χ0) is 17.6. The second kappa shape index (κ2) is 8.92. The maximum Gasteiger partial charge on any atom is 0.339 e. The Kier molecular flexibility index (Phi) is 7.56. The minimum atomic E-state index is -1.18. The van der Waals surface area contributed by atoms with Crippen LogP contribution in [-0.4, -0.2) is 23.1 Å². The largest absolute Gasteiger partial charge is 0.478 e. The number of benzene rings is 1. The van der Waals surface area contributed by atoms with Gasteiger partial charge in [-0.1, -0.05) is 39.3 Å². The molecular formula is C18H25ClO4. The van der Waals surface area contributed by atoms with Gasteiger partial charge in [0.1, 0.15) is 6.10 Å². The Hall–Kier alpha value is -1.55. The number of aryl methyl sites for hydroxylation is 1. The van der Waals surface area contributed by atoms with Crippen molar-refractivity contribution >= 4 is 23.5 Å². The summed E-state index contributed by atoms with van der Waals surface area (Å²) in [5.41, 5.74) is 0.691. The first-order valence-electron chi connectivity index (χ1n) is 8.06. The summed E-state index contributed by atoms with van der Waals surface area (Å²) in [6.45, 7) is 8.08. The maximum atomic E-state index is 12.4. The van der Waals surface area contributed by atoms with Gasteiger partial charge in [-0.05, 0) is 49.3 Å². The molecule has 1 N–H and O–H groups in total. The number of carbonyl (C=O) groups excluding carboxylic acids is 1. The predicted octanol–water partition coefficient (Wildman–Crippen LogP) is 4.97. The number of aromatic carboxylic acids is 1. The van der Waals surface area contributed by atoms with Gasteiger partial charge >= 0.3 is 11.9 Å². The number of halogens is 1. The first-order chi connectivity index (χ1) is 10.8. The van der Waals surface area contributed by atoms with E-state index in [1.165, 1.54) is 12.1 Å². The number of esters is 1. The smallest absolute Gasteiger partial charge is 0.339 e. The number of hydrogen-bond donors (Lipinski definition) is 1. The Morgan fingerprint density at radius 3 is 2.30 bits per heavy atom. The minimum Gasteiger partial charge on any atom is -0.478 e. The second-order valence-electron chi connectivity index (χ2n) is 6.05. The molecule has 0 radical (unpaired) electrons. The third kappa shape index (κ3) is 5.54. The number of carboxylic acids is 1. The summed E-state index contributed by atoms with van der Waals surface area (Å²) in [5.74, 6) is -1.25. The zero-order valence-corrected chi connectivity index (χ0v) is 14.9. The van der Waals surface area contributed by atoms with E-state index in [9.17, 15) is 14.7 Å². The average Bonchev–Trinajstić information content (AvgIpc) is 2.50. The molecule has 23 heavy (non-hydrogen) atoms. The standard InChI is InChI=1S/C18H25ClO4/c1-5-12-9-15(14(17(20)21)10-16(12)19)18(22)23-13(6-2)8-7-11(3)4/h9-11,13H,5-8H2,1-4H3,(H,20,21). The summed E-state index contributed by atoms with van der Waals surface area (Å²) in [6, 6.07) is 2.86. The minimum absolute atomic E-state index is 0.0711. The molecule has 0 bridgehead atoms. The van der Waals surface area contributed by atoms with Crippen LogP contribution in [0.4, 0.5) is 0 Å². The van der Waals surface area contributed by atoms with E-state index in [0.29, 0.717) is 23.8 Å². The van der Waals surface area contributed by atoms with Gasteiger partial charge < -0.3 is 9.84 Å². The SMILES string of the molecule is CCc1cc(C(=O)OC(CC)CCC(C)C)c(C(=O)O)cc1Cl. The molecular weight excluding hydrogens is 316 g/mol. The molecule has 0 fully saturated rings. The molecule has 0 aliphatic rings. The summed E-state index contributed by atoms with van der Waals surface area (Å²) in [4.78, 5) is 23.8. The van der Waals surface area contributed by atoms with E-state index >= 15 is 0 Å². The molecule has 1 aromatic carbocycles. The normalized spacial score (nSPS) is 12.3. The lowest BCUT2D eigenvalue weighted by molar-refractivity contribution is 0.0255. The average molecular weight is 341 g/mol. The van der Waals surface area contributed by atoms with Gasteiger partial charge in [0.15, 0.2) is 0 Å². The monoisotopic (exact) mass is 340 g/mol. The third-order valence-electron chi connectivity index (χ3n) is 3.81. The molecule has 1 unspecified atom stereocenters. The molecule has 0 spiro atoms. The van der Waals surface area contributed by atoms with Crippen molar-refractivity contribution in [1.29, 1.82) is 0 Å². The third-order valence-corrected chi connectivity index (χ3v) is 4.16. The Balaban J connectivity index is 3.03. The van der Waals surface area contributed by atoms with E-state index < -0.39 is 11.9 Å². The van der Waals surface area contributed by atoms with Gasteiger partial charge in [-0.3, -0.25) is 0 Å². The molecule has 0 saturated heterocycles. The van der Waals surface area contributed by atoms with Crippen molar-refractivity contribution in [3.63, 3.8) is 0 Å². The van der Waals surface area contributed by atoms with Gasteiger partial charge in [0, 0.05) is 5.02 Å². The molecule has 0 saturated carbocycles. The first kappa shape index (κ1) is 19.5. The van der Waals surface area contributed by atoms with Crippen molar-refractivity contribution in [3.05, 3.63) is 33.8 Å². The van der Waals surface area contributed by atoms with Gasteiger partial charge in [-0.2, -0.15) is 0 Å². The van der Waals surface area contributed by atoms with Gasteiger partial charge in [0.05, 0.1) is 11.1 Å². The molecule has 5 heteroatoms. The highest BCUT2D eigenvalue weighted by molar-refractivity contribution is 6.32. The van der Waals surface area contributed by atoms with E-state index in [1.54, 1.807) is 0 Å². The number of hydrogen-bond acceptors (Lipinski definition) is 3. The van der Waals surface area contributed by atoms with Crippen LogP contribution in [0.3, 0.4) is 0 Å². The number of rotatable bonds is 8. The highest BCUT2D eigenvalue weighted by atomic mass is 35.5. The lowest BCUT2D eigenvalue weighted by atomic mass is 10.0. The molecule has 0 aliphatic heterocycles. The molecule has 0 aromatic heterocycles. The van der Waals surface area contributed by atoms with Crippen molar-refractivity contribution in [1.82, 2.24) is 0 Å². The summed E-state index contributed by atoms with van der Waals surface area (Å²) in [5, 5.41) is 9.66. The van der Waals surface area contributed by atoms with Crippen LogP contribution < -0.4 is 0 Å². The Labute approximate surface area is 142 Å². The van der Waals surface area contributed by atoms with Crippen molar-refractivity contribution in [2.24, 2.45) is 5.92 Å². The Morgan fingerprint density at radius 2 is 1.83 bits per heavy atom. The number of ether oxygens (including phenoxy) is 1. The number of carbonyl (C=O) groups is 2. The van der Waals surface area contributed by atoms with Crippen molar-refractivity contribution in [2.75, 3.05) is 0 Å². The maximum absolute atomic E-state index is 12.4. The fourth-order valence-corrected chi connectivity index (χ4v) is 2.61. The van der Waals surface area contributed by atoms with Crippen LogP contribution >= 0.6 is 11.6 Å². The van der Waals surface area contributed by atoms with E-state index in [4.69, 9.17) is 16.3 Å². The van der Waals surface area contributed by atoms with E-state index in [1.807, 2.05) is 13.8 Å². The zero-order valence-electron chi connectivity index (χ0n) is 14.2. The second-order valence-corrected chi connectivity index (χ2v) is 6.46. The van der Waals surface area contributed by atoms with Crippen molar-refractivity contribution in [2.45, 2.75) is 59.5 Å². The first-order valence-corrected chi connectivity index (χ1v) is 8.44. The van der Waals surface area contributed by atoms with Crippen LogP contribution in [0.1, 0.15) is 73.2 Å². The van der Waals surface area contributed by atoms with E-state index in [0.717, 1.165) is 18.4 Å². The Bertz CT molecular complexity index is 566. The molecule has 0 heterocycles. The van der Waals surface area contributed by atoms with Crippen LogP contribution in [-0.2, 0) is 11.2 Å². The molecule has 1 rings (SSSR count). The van der Waals surface area contributed by atoms with Crippen LogP contribution in [0.5, 0.6) is 0 Å². The van der Waals surface area contributed by atoms with E-state index in [2.05, 4.69) is 13.8 Å². The molecule has 4 nitrogen and oxygen atoms in total. The van der Waals surface area contributed by atoms with Crippen LogP contribution in [0.15, 0.2) is 12.1 Å². The highest BCUT2D eigenvalue weighted by Gasteiger charge is 2.22. The topological polar surface area (TPSA) is 63.6 Å². The van der Waals surface area contributed by atoms with Crippen LogP contribution in [0.2, 0.25) is 5.02 Å². The fraction of sp³-hybridized carbons (Fsp3) is 0.556. The summed E-state index contributed by atoms with van der Waals surface area (Å²) in [6.07, 6.45) is 2.85. The van der Waals surface area contributed by atoms with Crippen LogP contribution in [0.25, 0.3) is 0 Å². The van der Waals surface area contributed by atoms with Gasteiger partial charge in [-0.25, -0.2) is 9.59 Å². The number of carboxylic acid groups (broad SMARTS) is 1. The lowest BCUT2D eigenvalue weighted by Crippen LogP contribution is -2.20. The van der Waals surface area contributed by atoms with Crippen LogP contribution in [0, 0.1) is 5.92 Å². The predicted molar refractivity (Wildman–Crippen MR) is 91.4 cm³/mol. The van der Waals surface area contributed by atoms with E-state index in [-0.39, 0.29) is 17.2 Å². The Morgan fingerprint density at radius 1 is 1.17 bits per heavy atom.